The van der Waals surface area contributed by atoms with E-state index < -0.39 is 0 Å². The Labute approximate surface area is 97.8 Å². The monoisotopic (exact) mass is 219 g/mol. The highest BCUT2D eigenvalue weighted by Crippen LogP contribution is 2.38. The van der Waals surface area contributed by atoms with Gasteiger partial charge >= 0.3 is 0 Å². The molecule has 16 heavy (non-hydrogen) atoms. The first kappa shape index (κ1) is 11.5. The molecule has 0 radical (unpaired) electrons. The van der Waals surface area contributed by atoms with Gasteiger partial charge in [0.05, 0.1) is 6.61 Å². The Kier molecular flexibility index (Phi) is 3.20. The zero-order valence-electron chi connectivity index (χ0n) is 10.2. The van der Waals surface area contributed by atoms with Crippen molar-refractivity contribution < 1.29 is 4.74 Å². The van der Waals surface area contributed by atoms with Crippen LogP contribution in [0.1, 0.15) is 44.6 Å². The van der Waals surface area contributed by atoms with Crippen molar-refractivity contribution in [3.63, 3.8) is 0 Å². The summed E-state index contributed by atoms with van der Waals surface area (Å²) in [5.41, 5.74) is 7.54. The molecule has 0 amide bonds. The molecule has 0 aliphatic carbocycles. The van der Waals surface area contributed by atoms with E-state index in [1.54, 1.807) is 0 Å². The van der Waals surface area contributed by atoms with E-state index in [4.69, 9.17) is 10.5 Å². The molecule has 0 spiro atoms. The van der Waals surface area contributed by atoms with E-state index in [2.05, 4.69) is 32.0 Å². The van der Waals surface area contributed by atoms with Crippen LogP contribution in [-0.4, -0.2) is 12.1 Å². The highest BCUT2D eigenvalue weighted by atomic mass is 16.5. The van der Waals surface area contributed by atoms with Crippen LogP contribution in [0.3, 0.4) is 0 Å². The van der Waals surface area contributed by atoms with Gasteiger partial charge in [0.25, 0.3) is 0 Å². The number of hydrogen-bond donors (Lipinski definition) is 1. The van der Waals surface area contributed by atoms with Crippen LogP contribution in [0, 0.1) is 0 Å². The third kappa shape index (κ3) is 2.38. The zero-order valence-corrected chi connectivity index (χ0v) is 10.2. The Balaban J connectivity index is 2.19. The lowest BCUT2D eigenvalue weighted by Gasteiger charge is -2.32. The second kappa shape index (κ2) is 4.46. The number of ether oxygens (including phenoxy) is 1. The Morgan fingerprint density at radius 3 is 2.94 bits per heavy atom. The summed E-state index contributed by atoms with van der Waals surface area (Å²) in [6, 6.07) is 8.34. The fourth-order valence-corrected chi connectivity index (χ4v) is 2.34. The Morgan fingerprint density at radius 1 is 1.44 bits per heavy atom. The van der Waals surface area contributed by atoms with Crippen LogP contribution >= 0.6 is 0 Å². The van der Waals surface area contributed by atoms with E-state index in [1.165, 1.54) is 5.56 Å². The molecule has 0 fully saturated rings. The predicted octanol–water partition coefficient (Wildman–Crippen LogP) is 3.07. The second-order valence-electron chi connectivity index (χ2n) is 5.08. The molecule has 0 saturated carbocycles. The van der Waals surface area contributed by atoms with Gasteiger partial charge in [0.2, 0.25) is 0 Å². The molecule has 2 rings (SSSR count). The van der Waals surface area contributed by atoms with E-state index in [0.717, 1.165) is 31.6 Å². The lowest BCUT2D eigenvalue weighted by atomic mass is 9.81. The summed E-state index contributed by atoms with van der Waals surface area (Å²) in [5, 5.41) is 0. The summed E-state index contributed by atoms with van der Waals surface area (Å²) < 4.78 is 5.66. The first-order valence-corrected chi connectivity index (χ1v) is 6.13. The highest BCUT2D eigenvalue weighted by molar-refractivity contribution is 5.37. The van der Waals surface area contributed by atoms with Crippen LogP contribution in [0.4, 0.5) is 0 Å². The fraction of sp³-hybridized carbons (Fsp3) is 0.571. The molecule has 2 N–H and O–H groups in total. The topological polar surface area (TPSA) is 35.2 Å². The maximum atomic E-state index is 6.26. The summed E-state index contributed by atoms with van der Waals surface area (Å²) in [5.74, 6) is 1.60. The molecule has 0 aromatic heterocycles. The Morgan fingerprint density at radius 2 is 2.19 bits per heavy atom. The zero-order chi connectivity index (χ0) is 11.6. The maximum absolute atomic E-state index is 6.26. The molecule has 2 unspecified atom stereocenters. The van der Waals surface area contributed by atoms with Gasteiger partial charge in [-0.2, -0.15) is 0 Å². The normalized spacial score (nSPS) is 23.1. The number of nitrogens with two attached hydrogens (primary N) is 1. The van der Waals surface area contributed by atoms with Gasteiger partial charge in [0.15, 0.2) is 0 Å². The number of fused-ring (bicyclic) bond motifs is 1. The standard InChI is InChI=1S/C14H21NO/c1-3-14(2,15)10-11-8-9-16-13-7-5-4-6-12(11)13/h4-7,11H,3,8-10,15H2,1-2H3. The van der Waals surface area contributed by atoms with Crippen molar-refractivity contribution in [2.45, 2.75) is 44.6 Å². The average molecular weight is 219 g/mol. The molecule has 2 atom stereocenters. The van der Waals surface area contributed by atoms with Gasteiger partial charge in [-0.15, -0.1) is 0 Å². The summed E-state index contributed by atoms with van der Waals surface area (Å²) >= 11 is 0. The lowest BCUT2D eigenvalue weighted by molar-refractivity contribution is 0.245. The number of hydrogen-bond acceptors (Lipinski definition) is 2. The molecule has 1 heterocycles. The van der Waals surface area contributed by atoms with E-state index in [9.17, 15) is 0 Å². The molecule has 2 heteroatoms. The minimum Gasteiger partial charge on any atom is -0.493 e. The van der Waals surface area contributed by atoms with Crippen molar-refractivity contribution in [1.82, 2.24) is 0 Å². The highest BCUT2D eigenvalue weighted by Gasteiger charge is 2.27. The first-order valence-electron chi connectivity index (χ1n) is 6.13. The van der Waals surface area contributed by atoms with Crippen LogP contribution < -0.4 is 10.5 Å². The number of rotatable bonds is 3. The summed E-state index contributed by atoms with van der Waals surface area (Å²) in [4.78, 5) is 0. The lowest BCUT2D eigenvalue weighted by Crippen LogP contribution is -2.37. The molecule has 2 nitrogen and oxygen atoms in total. The van der Waals surface area contributed by atoms with Crippen molar-refractivity contribution in [3.8, 4) is 5.75 Å². The van der Waals surface area contributed by atoms with Crippen molar-refractivity contribution >= 4 is 0 Å². The van der Waals surface area contributed by atoms with Crippen LogP contribution in [0.25, 0.3) is 0 Å². The Hall–Kier alpha value is -1.02. The van der Waals surface area contributed by atoms with Crippen molar-refractivity contribution in [3.05, 3.63) is 29.8 Å². The summed E-state index contributed by atoms with van der Waals surface area (Å²) in [7, 11) is 0. The third-order valence-corrected chi connectivity index (χ3v) is 3.60. The van der Waals surface area contributed by atoms with Gasteiger partial charge in [0.1, 0.15) is 5.75 Å². The average Bonchev–Trinajstić information content (AvgIpc) is 2.29. The van der Waals surface area contributed by atoms with Gasteiger partial charge in [-0.05, 0) is 43.7 Å². The minimum absolute atomic E-state index is 0.0604. The van der Waals surface area contributed by atoms with E-state index in [1.807, 2.05) is 6.07 Å². The molecule has 0 bridgehead atoms. The third-order valence-electron chi connectivity index (χ3n) is 3.60. The van der Waals surface area contributed by atoms with E-state index >= 15 is 0 Å². The van der Waals surface area contributed by atoms with Crippen LogP contribution in [0.2, 0.25) is 0 Å². The van der Waals surface area contributed by atoms with Crippen LogP contribution in [-0.2, 0) is 0 Å². The van der Waals surface area contributed by atoms with Crippen molar-refractivity contribution in [2.24, 2.45) is 5.73 Å². The minimum atomic E-state index is -0.0604. The van der Waals surface area contributed by atoms with Gasteiger partial charge in [-0.3, -0.25) is 0 Å². The largest absolute Gasteiger partial charge is 0.493 e. The summed E-state index contributed by atoms with van der Waals surface area (Å²) in [6.45, 7) is 5.12. The molecule has 1 aromatic rings. The van der Waals surface area contributed by atoms with Gasteiger partial charge in [-0.1, -0.05) is 25.1 Å². The predicted molar refractivity (Wildman–Crippen MR) is 66.8 cm³/mol. The van der Waals surface area contributed by atoms with E-state index in [-0.39, 0.29) is 5.54 Å². The van der Waals surface area contributed by atoms with Crippen molar-refractivity contribution in [2.75, 3.05) is 6.61 Å². The van der Waals surface area contributed by atoms with Gasteiger partial charge in [0, 0.05) is 5.54 Å². The molecular weight excluding hydrogens is 198 g/mol. The molecule has 88 valence electrons. The SMILES string of the molecule is CCC(C)(N)CC1CCOc2ccccc21. The van der Waals surface area contributed by atoms with Crippen LogP contribution in [0.5, 0.6) is 5.75 Å². The van der Waals surface area contributed by atoms with Gasteiger partial charge < -0.3 is 10.5 Å². The summed E-state index contributed by atoms with van der Waals surface area (Å²) in [6.07, 6.45) is 3.15. The van der Waals surface area contributed by atoms with Crippen molar-refractivity contribution in [1.29, 1.82) is 0 Å². The second-order valence-corrected chi connectivity index (χ2v) is 5.08. The quantitative estimate of drug-likeness (QED) is 0.848. The van der Waals surface area contributed by atoms with Crippen LogP contribution in [0.15, 0.2) is 24.3 Å². The molecule has 1 aromatic carbocycles. The smallest absolute Gasteiger partial charge is 0.122 e. The molecule has 1 aliphatic heterocycles. The fourth-order valence-electron chi connectivity index (χ4n) is 2.34. The van der Waals surface area contributed by atoms with Gasteiger partial charge in [-0.25, -0.2) is 0 Å². The maximum Gasteiger partial charge on any atom is 0.122 e. The molecule has 0 saturated heterocycles. The first-order chi connectivity index (χ1) is 7.62. The Bertz CT molecular complexity index is 360. The number of para-hydroxylation sites is 1. The molecular formula is C14H21NO. The number of benzene rings is 1. The molecule has 1 aliphatic rings. The van der Waals surface area contributed by atoms with E-state index in [0.29, 0.717) is 5.92 Å².